The molecule has 5 rings (SSSR count). The zero-order valence-corrected chi connectivity index (χ0v) is 24.2. The Morgan fingerprint density at radius 3 is 2.67 bits per heavy atom. The summed E-state index contributed by atoms with van der Waals surface area (Å²) in [7, 11) is 0. The van der Waals surface area contributed by atoms with Gasteiger partial charge < -0.3 is 29.3 Å². The molecule has 210 valence electrons. The second-order valence-electron chi connectivity index (χ2n) is 11.0. The quantitative estimate of drug-likeness (QED) is 0.322. The number of anilines is 1. The molecule has 0 unspecified atom stereocenters. The lowest BCUT2D eigenvalue weighted by Crippen LogP contribution is -2.50. The zero-order valence-electron chi connectivity index (χ0n) is 23.4. The number of rotatable bonds is 10. The van der Waals surface area contributed by atoms with Gasteiger partial charge in [0.05, 0.1) is 23.3 Å². The minimum atomic E-state index is -0.725. The van der Waals surface area contributed by atoms with Crippen LogP contribution in [0.5, 0.6) is 0 Å². The highest BCUT2D eigenvalue weighted by Crippen LogP contribution is 2.39. The van der Waals surface area contributed by atoms with Crippen LogP contribution in [0, 0.1) is 0 Å². The van der Waals surface area contributed by atoms with E-state index in [2.05, 4.69) is 46.5 Å². The highest BCUT2D eigenvalue weighted by molar-refractivity contribution is 8.00. The predicted molar refractivity (Wildman–Crippen MR) is 161 cm³/mol. The summed E-state index contributed by atoms with van der Waals surface area (Å²) in [6.07, 6.45) is 4.88. The number of carbonyl (C=O) groups is 1. The summed E-state index contributed by atoms with van der Waals surface area (Å²) in [6.45, 7) is 9.43. The van der Waals surface area contributed by atoms with Crippen LogP contribution in [-0.4, -0.2) is 65.3 Å². The van der Waals surface area contributed by atoms with E-state index in [1.165, 1.54) is 11.1 Å². The summed E-state index contributed by atoms with van der Waals surface area (Å²) in [5, 5.41) is 19.2. The molecule has 0 saturated carbocycles. The Balaban J connectivity index is 1.42. The van der Waals surface area contributed by atoms with E-state index in [1.807, 2.05) is 54.4 Å². The smallest absolute Gasteiger partial charge is 0.251 e. The largest absolute Gasteiger partial charge is 0.390 e. The summed E-state index contributed by atoms with van der Waals surface area (Å²) in [5.41, 5.74) is 5.29. The highest BCUT2D eigenvalue weighted by atomic mass is 32.2. The molecule has 0 bridgehead atoms. The van der Waals surface area contributed by atoms with Crippen LogP contribution in [0.1, 0.15) is 55.1 Å². The van der Waals surface area contributed by atoms with Crippen LogP contribution in [0.15, 0.2) is 48.7 Å². The molecule has 1 fully saturated rings. The highest BCUT2D eigenvalue weighted by Gasteiger charge is 2.27. The first-order valence-electron chi connectivity index (χ1n) is 14.4. The number of amides is 1. The first-order chi connectivity index (χ1) is 18.9. The number of aryl methyl sites for hydroxylation is 2. The Morgan fingerprint density at radius 2 is 1.95 bits per heavy atom. The molecule has 7 nitrogen and oxygen atoms in total. The molecule has 3 heterocycles. The van der Waals surface area contributed by atoms with Gasteiger partial charge in [0.2, 0.25) is 0 Å². The van der Waals surface area contributed by atoms with E-state index < -0.39 is 12.1 Å². The molecule has 2 aromatic carbocycles. The molecule has 39 heavy (non-hydrogen) atoms. The molecular formula is C31H42N4O3S. The lowest BCUT2D eigenvalue weighted by atomic mass is 9.99. The SMILES string of the molecule is CCc1cn2c3c(cc(C(=O)N[C@@H](Cc4ccccc4)[C@H](O)CNC4CCOCC4)cc13)N(C(C)C)SCC2. The van der Waals surface area contributed by atoms with Crippen LogP contribution in [0.4, 0.5) is 5.69 Å². The Hall–Kier alpha value is -2.52. The number of aromatic nitrogens is 1. The molecule has 1 amide bonds. The van der Waals surface area contributed by atoms with Crippen molar-refractivity contribution in [2.24, 2.45) is 0 Å². The molecule has 2 aliphatic rings. The van der Waals surface area contributed by atoms with Crippen LogP contribution in [0.25, 0.3) is 10.9 Å². The molecule has 8 heteroatoms. The number of hydrogen-bond acceptors (Lipinski definition) is 6. The van der Waals surface area contributed by atoms with Gasteiger partial charge in [-0.25, -0.2) is 0 Å². The molecule has 3 N–H and O–H groups in total. The van der Waals surface area contributed by atoms with Crippen molar-refractivity contribution >= 4 is 34.4 Å². The zero-order chi connectivity index (χ0) is 27.4. The monoisotopic (exact) mass is 550 g/mol. The molecule has 2 aliphatic heterocycles. The van der Waals surface area contributed by atoms with Gasteiger partial charge in [-0.05, 0) is 74.7 Å². The normalized spacial score (nSPS) is 17.8. The van der Waals surface area contributed by atoms with Crippen molar-refractivity contribution in [3.05, 3.63) is 65.4 Å². The van der Waals surface area contributed by atoms with E-state index in [-0.39, 0.29) is 5.91 Å². The van der Waals surface area contributed by atoms with Gasteiger partial charge in [-0.2, -0.15) is 0 Å². The van der Waals surface area contributed by atoms with E-state index in [0.717, 1.165) is 61.4 Å². The van der Waals surface area contributed by atoms with Crippen LogP contribution in [0.3, 0.4) is 0 Å². The molecule has 0 aliphatic carbocycles. The third kappa shape index (κ3) is 6.46. The molecule has 1 saturated heterocycles. The summed E-state index contributed by atoms with van der Waals surface area (Å²) in [6, 6.07) is 14.4. The van der Waals surface area contributed by atoms with Gasteiger partial charge in [-0.15, -0.1) is 0 Å². The average Bonchev–Trinajstić information content (AvgIpc) is 3.20. The Labute approximate surface area is 236 Å². The molecule has 0 spiro atoms. The standard InChI is InChI=1S/C31H42N4O3S/c1-4-23-20-34-12-15-39-35(21(2)3)28-18-24(17-26(23)30(28)34)31(37)33-27(16-22-8-6-5-7-9-22)29(36)19-32-25-10-13-38-14-11-25/h5-9,17-18,20-21,25,27,29,32,36H,4,10-16,19H2,1-3H3,(H,33,37)/t27-,29+/m0/s1. The maximum atomic E-state index is 13.9. The Bertz CT molecular complexity index is 1260. The van der Waals surface area contributed by atoms with Crippen LogP contribution >= 0.6 is 11.9 Å². The second kappa shape index (κ2) is 12.8. The number of benzene rings is 2. The van der Waals surface area contributed by atoms with Gasteiger partial charge in [-0.3, -0.25) is 4.79 Å². The Kier molecular flexibility index (Phi) is 9.17. The predicted octanol–water partition coefficient (Wildman–Crippen LogP) is 4.55. The number of aliphatic hydroxyl groups is 1. The van der Waals surface area contributed by atoms with Crippen molar-refractivity contribution in [1.82, 2.24) is 15.2 Å². The topological polar surface area (TPSA) is 78.8 Å². The van der Waals surface area contributed by atoms with Gasteiger partial charge >= 0.3 is 0 Å². The van der Waals surface area contributed by atoms with E-state index >= 15 is 0 Å². The summed E-state index contributed by atoms with van der Waals surface area (Å²) < 4.78 is 10.2. The van der Waals surface area contributed by atoms with Gasteiger partial charge in [0.1, 0.15) is 0 Å². The van der Waals surface area contributed by atoms with E-state index in [0.29, 0.717) is 30.6 Å². The average molecular weight is 551 g/mol. The fourth-order valence-electron chi connectivity index (χ4n) is 5.71. The summed E-state index contributed by atoms with van der Waals surface area (Å²) in [5.74, 6) is 0.847. The number of nitrogens with zero attached hydrogens (tertiary/aromatic N) is 2. The number of hydrogen-bond donors (Lipinski definition) is 3. The summed E-state index contributed by atoms with van der Waals surface area (Å²) in [4.78, 5) is 13.9. The fourth-order valence-corrected chi connectivity index (χ4v) is 6.77. The minimum Gasteiger partial charge on any atom is -0.390 e. The molecule has 1 aromatic heterocycles. The van der Waals surface area contributed by atoms with Gasteiger partial charge in [-0.1, -0.05) is 37.3 Å². The number of ether oxygens (including phenoxy) is 1. The molecular weight excluding hydrogens is 508 g/mol. The van der Waals surface area contributed by atoms with Gasteiger partial charge in [0.25, 0.3) is 5.91 Å². The number of carbonyl (C=O) groups excluding carboxylic acids is 1. The maximum Gasteiger partial charge on any atom is 0.251 e. The van der Waals surface area contributed by atoms with Crippen molar-refractivity contribution in [3.63, 3.8) is 0 Å². The maximum absolute atomic E-state index is 13.9. The number of aliphatic hydroxyl groups excluding tert-OH is 1. The summed E-state index contributed by atoms with van der Waals surface area (Å²) >= 11 is 1.82. The lowest BCUT2D eigenvalue weighted by molar-refractivity contribution is 0.0657. The Morgan fingerprint density at radius 1 is 1.18 bits per heavy atom. The van der Waals surface area contributed by atoms with Crippen molar-refractivity contribution in [2.75, 3.05) is 29.8 Å². The minimum absolute atomic E-state index is 0.146. The second-order valence-corrected chi connectivity index (χ2v) is 12.0. The third-order valence-electron chi connectivity index (χ3n) is 7.86. The molecule has 2 atom stereocenters. The molecule has 3 aromatic rings. The van der Waals surface area contributed by atoms with E-state index in [1.54, 1.807) is 0 Å². The first kappa shape index (κ1) is 28.0. The fraction of sp³-hybridized carbons (Fsp3) is 0.516. The molecule has 0 radical (unpaired) electrons. The van der Waals surface area contributed by atoms with Crippen molar-refractivity contribution in [2.45, 2.75) is 77.2 Å². The van der Waals surface area contributed by atoms with E-state index in [4.69, 9.17) is 4.74 Å². The lowest BCUT2D eigenvalue weighted by Gasteiger charge is -2.29. The van der Waals surface area contributed by atoms with Crippen LogP contribution in [0.2, 0.25) is 0 Å². The van der Waals surface area contributed by atoms with Crippen molar-refractivity contribution in [1.29, 1.82) is 0 Å². The van der Waals surface area contributed by atoms with E-state index in [9.17, 15) is 9.90 Å². The van der Waals surface area contributed by atoms with Crippen molar-refractivity contribution in [3.8, 4) is 0 Å². The number of nitrogens with one attached hydrogen (secondary N) is 2. The first-order valence-corrected chi connectivity index (χ1v) is 15.3. The van der Waals surface area contributed by atoms with Crippen molar-refractivity contribution < 1.29 is 14.6 Å². The van der Waals surface area contributed by atoms with Crippen LogP contribution in [-0.2, 0) is 24.1 Å². The third-order valence-corrected chi connectivity index (χ3v) is 9.12. The van der Waals surface area contributed by atoms with Gasteiger partial charge in [0, 0.05) is 61.3 Å². The van der Waals surface area contributed by atoms with Gasteiger partial charge in [0.15, 0.2) is 0 Å². The van der Waals surface area contributed by atoms with Crippen LogP contribution < -0.4 is 14.9 Å².